The maximum absolute atomic E-state index is 12.1. The third-order valence-corrected chi connectivity index (χ3v) is 3.44. The van der Waals surface area contributed by atoms with Gasteiger partial charge in [0.1, 0.15) is 18.5 Å². The number of rotatable bonds is 8. The summed E-state index contributed by atoms with van der Waals surface area (Å²) in [7, 11) is 0. The van der Waals surface area contributed by atoms with Crippen molar-refractivity contribution in [2.75, 3.05) is 13.2 Å². The summed E-state index contributed by atoms with van der Waals surface area (Å²) in [5, 5.41) is 30.2. The molecule has 0 saturated carbocycles. The number of benzene rings is 2. The fraction of sp³-hybridized carbons (Fsp3) is 0.167. The molecule has 0 heterocycles. The Morgan fingerprint density at radius 1 is 0.923 bits per heavy atom. The van der Waals surface area contributed by atoms with E-state index in [2.05, 4.69) is 5.32 Å². The van der Waals surface area contributed by atoms with E-state index in [0.29, 0.717) is 5.75 Å². The van der Waals surface area contributed by atoms with Crippen molar-refractivity contribution in [1.82, 2.24) is 5.32 Å². The molecule has 1 unspecified atom stereocenters. The molecule has 26 heavy (non-hydrogen) atoms. The first kappa shape index (κ1) is 18.9. The molecule has 0 aliphatic rings. The van der Waals surface area contributed by atoms with Crippen LogP contribution < -0.4 is 10.1 Å². The maximum atomic E-state index is 12.1. The van der Waals surface area contributed by atoms with E-state index in [1.807, 2.05) is 0 Å². The van der Waals surface area contributed by atoms with Gasteiger partial charge in [-0.15, -0.1) is 0 Å². The summed E-state index contributed by atoms with van der Waals surface area (Å²) in [6, 6.07) is 11.4. The van der Waals surface area contributed by atoms with Gasteiger partial charge < -0.3 is 25.4 Å². The summed E-state index contributed by atoms with van der Waals surface area (Å²) in [5.41, 5.74) is -0.0195. The Morgan fingerprint density at radius 3 is 2.12 bits per heavy atom. The van der Waals surface area contributed by atoms with Crippen molar-refractivity contribution in [3.05, 3.63) is 65.2 Å². The number of nitrogens with one attached hydrogen (secondary N) is 1. The number of hydrogen-bond acceptors (Lipinski definition) is 5. The number of carboxylic acid groups (broad SMARTS) is 2. The molecule has 2 aromatic rings. The molecule has 0 aromatic heterocycles. The van der Waals surface area contributed by atoms with Crippen LogP contribution in [0.25, 0.3) is 0 Å². The number of carboxylic acids is 2. The predicted octanol–water partition coefficient (Wildman–Crippen LogP) is 1.25. The Labute approximate surface area is 148 Å². The monoisotopic (exact) mass is 359 g/mol. The van der Waals surface area contributed by atoms with Gasteiger partial charge >= 0.3 is 11.9 Å². The second-order valence-corrected chi connectivity index (χ2v) is 5.36. The minimum absolute atomic E-state index is 0.00243. The van der Waals surface area contributed by atoms with E-state index in [1.54, 1.807) is 6.07 Å². The normalized spacial score (nSPS) is 11.4. The Morgan fingerprint density at radius 2 is 1.54 bits per heavy atom. The fourth-order valence-electron chi connectivity index (χ4n) is 2.12. The molecule has 0 aliphatic carbocycles. The van der Waals surface area contributed by atoms with E-state index in [-0.39, 0.29) is 29.8 Å². The van der Waals surface area contributed by atoms with Crippen molar-refractivity contribution in [3.63, 3.8) is 0 Å². The van der Waals surface area contributed by atoms with Crippen molar-refractivity contribution < 1.29 is 34.4 Å². The van der Waals surface area contributed by atoms with Gasteiger partial charge in [0.25, 0.3) is 5.91 Å². The third kappa shape index (κ3) is 5.05. The van der Waals surface area contributed by atoms with Crippen LogP contribution in [0.2, 0.25) is 0 Å². The van der Waals surface area contributed by atoms with E-state index in [0.717, 1.165) is 0 Å². The largest absolute Gasteiger partial charge is 0.491 e. The molecule has 1 amide bonds. The van der Waals surface area contributed by atoms with Crippen molar-refractivity contribution in [1.29, 1.82) is 0 Å². The van der Waals surface area contributed by atoms with Crippen LogP contribution in [0.5, 0.6) is 5.75 Å². The van der Waals surface area contributed by atoms with E-state index >= 15 is 0 Å². The minimum Gasteiger partial charge on any atom is -0.491 e. The molecule has 0 fully saturated rings. The lowest BCUT2D eigenvalue weighted by molar-refractivity contribution is 0.0682. The highest BCUT2D eigenvalue weighted by molar-refractivity contribution is 6.04. The first-order valence-electron chi connectivity index (χ1n) is 7.63. The maximum Gasteiger partial charge on any atom is 0.336 e. The van der Waals surface area contributed by atoms with Gasteiger partial charge in [0, 0.05) is 6.54 Å². The lowest BCUT2D eigenvalue weighted by Gasteiger charge is -2.14. The van der Waals surface area contributed by atoms with Gasteiger partial charge in [0.05, 0.1) is 16.7 Å². The molecular formula is C18H17NO7. The molecule has 8 heteroatoms. The van der Waals surface area contributed by atoms with E-state index in [1.165, 1.54) is 42.5 Å². The Bertz CT molecular complexity index is 801. The van der Waals surface area contributed by atoms with Gasteiger partial charge in [-0.25, -0.2) is 9.59 Å². The van der Waals surface area contributed by atoms with Gasteiger partial charge in [-0.05, 0) is 36.4 Å². The van der Waals surface area contributed by atoms with Crippen LogP contribution in [-0.2, 0) is 0 Å². The zero-order valence-electron chi connectivity index (χ0n) is 13.6. The van der Waals surface area contributed by atoms with Crippen molar-refractivity contribution >= 4 is 17.8 Å². The minimum atomic E-state index is -1.22. The van der Waals surface area contributed by atoms with Gasteiger partial charge in [0.2, 0.25) is 0 Å². The molecule has 0 radical (unpaired) electrons. The molecule has 0 aliphatic heterocycles. The van der Waals surface area contributed by atoms with Crippen LogP contribution >= 0.6 is 0 Å². The molecular weight excluding hydrogens is 342 g/mol. The van der Waals surface area contributed by atoms with Gasteiger partial charge in [-0.3, -0.25) is 4.79 Å². The number of aromatic carboxylic acids is 2. The molecule has 0 bridgehead atoms. The standard InChI is InChI=1S/C18H17NO7/c20-12(10-26-13-7-5-11(6-8-13)17(22)23)9-19-16(21)14-3-1-2-4-15(14)18(24)25/h1-8,12,20H,9-10H2,(H,19,21)(H,22,23)(H,24,25). The van der Waals surface area contributed by atoms with Crippen molar-refractivity contribution in [3.8, 4) is 5.75 Å². The lowest BCUT2D eigenvalue weighted by Crippen LogP contribution is -2.35. The van der Waals surface area contributed by atoms with Crippen LogP contribution in [0.4, 0.5) is 0 Å². The molecule has 2 aromatic carbocycles. The number of ether oxygens (including phenoxy) is 1. The highest BCUT2D eigenvalue weighted by atomic mass is 16.5. The van der Waals surface area contributed by atoms with Crippen LogP contribution in [-0.4, -0.2) is 52.4 Å². The summed E-state index contributed by atoms with van der Waals surface area (Å²) in [4.78, 5) is 33.9. The number of hydrogen-bond donors (Lipinski definition) is 4. The zero-order valence-corrected chi connectivity index (χ0v) is 13.6. The summed E-state index contributed by atoms with van der Waals surface area (Å²) in [5.74, 6) is -2.52. The quantitative estimate of drug-likeness (QED) is 0.557. The summed E-state index contributed by atoms with van der Waals surface area (Å²) in [6.45, 7) is -0.271. The molecule has 4 N–H and O–H groups in total. The number of aliphatic hydroxyl groups is 1. The van der Waals surface area contributed by atoms with E-state index < -0.39 is 23.9 Å². The number of carbonyl (C=O) groups is 3. The molecule has 8 nitrogen and oxygen atoms in total. The second-order valence-electron chi connectivity index (χ2n) is 5.36. The van der Waals surface area contributed by atoms with E-state index in [4.69, 9.17) is 14.9 Å². The zero-order chi connectivity index (χ0) is 19.1. The average Bonchev–Trinajstić information content (AvgIpc) is 2.64. The van der Waals surface area contributed by atoms with Crippen LogP contribution in [0, 0.1) is 0 Å². The average molecular weight is 359 g/mol. The lowest BCUT2D eigenvalue weighted by atomic mass is 10.1. The summed E-state index contributed by atoms with van der Waals surface area (Å²) < 4.78 is 5.31. The first-order valence-corrected chi connectivity index (χ1v) is 7.63. The topological polar surface area (TPSA) is 133 Å². The first-order chi connectivity index (χ1) is 12.4. The third-order valence-electron chi connectivity index (χ3n) is 3.44. The van der Waals surface area contributed by atoms with Crippen LogP contribution in [0.1, 0.15) is 31.1 Å². The molecule has 0 saturated heterocycles. The van der Waals surface area contributed by atoms with Crippen LogP contribution in [0.3, 0.4) is 0 Å². The number of carbonyl (C=O) groups excluding carboxylic acids is 1. The highest BCUT2D eigenvalue weighted by Crippen LogP contribution is 2.12. The Balaban J connectivity index is 1.85. The molecule has 0 spiro atoms. The molecule has 1 atom stereocenters. The van der Waals surface area contributed by atoms with Crippen molar-refractivity contribution in [2.24, 2.45) is 0 Å². The second kappa shape index (κ2) is 8.63. The summed E-state index contributed by atoms with van der Waals surface area (Å²) >= 11 is 0. The van der Waals surface area contributed by atoms with Gasteiger partial charge in [-0.1, -0.05) is 12.1 Å². The molecule has 136 valence electrons. The van der Waals surface area contributed by atoms with Crippen molar-refractivity contribution in [2.45, 2.75) is 6.10 Å². The van der Waals surface area contributed by atoms with E-state index in [9.17, 15) is 19.5 Å². The fourth-order valence-corrected chi connectivity index (χ4v) is 2.12. The number of amides is 1. The Kier molecular flexibility index (Phi) is 6.29. The smallest absolute Gasteiger partial charge is 0.336 e. The van der Waals surface area contributed by atoms with Gasteiger partial charge in [-0.2, -0.15) is 0 Å². The Hall–Kier alpha value is -3.39. The van der Waals surface area contributed by atoms with Crippen LogP contribution in [0.15, 0.2) is 48.5 Å². The summed E-state index contributed by atoms with van der Waals surface area (Å²) in [6.07, 6.45) is -1.03. The molecule has 2 rings (SSSR count). The van der Waals surface area contributed by atoms with Gasteiger partial charge in [0.15, 0.2) is 0 Å². The predicted molar refractivity (Wildman–Crippen MR) is 90.6 cm³/mol. The SMILES string of the molecule is O=C(O)c1ccc(OCC(O)CNC(=O)c2ccccc2C(=O)O)cc1. The highest BCUT2D eigenvalue weighted by Gasteiger charge is 2.16. The number of aliphatic hydroxyl groups excluding tert-OH is 1.